The third-order valence-corrected chi connectivity index (χ3v) is 7.97. The molecule has 0 aliphatic heterocycles. The fourth-order valence-electron chi connectivity index (χ4n) is 6.00. The first-order chi connectivity index (χ1) is 21.0. The molecule has 0 saturated heterocycles. The van der Waals surface area contributed by atoms with Gasteiger partial charge in [0.15, 0.2) is 0 Å². The van der Waals surface area contributed by atoms with E-state index in [9.17, 15) is 4.79 Å². The Bertz CT molecular complexity index is 1360. The van der Waals surface area contributed by atoms with Crippen LogP contribution in [0, 0.1) is 0 Å². The maximum absolute atomic E-state index is 10.9. The topological polar surface area (TPSA) is 26.3 Å². The zero-order valence-electron chi connectivity index (χ0n) is 25.4. The Hall–Kier alpha value is -4.67. The fourth-order valence-corrected chi connectivity index (χ4v) is 6.00. The lowest BCUT2D eigenvalue weighted by atomic mass is 9.13. The SMILES string of the molecule is C=CC(=O)OCCC[N+](C)(C)Cc1ccccc1.c1ccc([B-](c2ccccc2)(c2ccccc2)c2ccccc2)cc1. The summed E-state index contributed by atoms with van der Waals surface area (Å²) in [4.78, 5) is 10.9. The number of quaternary nitrogens is 1. The van der Waals surface area contributed by atoms with E-state index >= 15 is 0 Å². The highest BCUT2D eigenvalue weighted by molar-refractivity contribution is 7.19. The summed E-state index contributed by atoms with van der Waals surface area (Å²) in [5, 5.41) is 0. The van der Waals surface area contributed by atoms with Gasteiger partial charge in [0, 0.05) is 18.1 Å². The van der Waals surface area contributed by atoms with Crippen LogP contribution in [0.3, 0.4) is 0 Å². The summed E-state index contributed by atoms with van der Waals surface area (Å²) in [5.41, 5.74) is 6.68. The van der Waals surface area contributed by atoms with Crippen LogP contribution in [0.25, 0.3) is 0 Å². The second kappa shape index (κ2) is 15.5. The van der Waals surface area contributed by atoms with Crippen LogP contribution in [0.2, 0.25) is 0 Å². The van der Waals surface area contributed by atoms with Crippen molar-refractivity contribution in [1.82, 2.24) is 0 Å². The van der Waals surface area contributed by atoms with Gasteiger partial charge in [0.25, 0.3) is 0 Å². The third kappa shape index (κ3) is 8.44. The van der Waals surface area contributed by atoms with Crippen LogP contribution in [0.15, 0.2) is 164 Å². The number of esters is 1. The fraction of sp³-hybridized carbons (Fsp3) is 0.154. The maximum Gasteiger partial charge on any atom is 0.330 e. The smallest absolute Gasteiger partial charge is 0.330 e. The van der Waals surface area contributed by atoms with E-state index in [1.54, 1.807) is 0 Å². The Morgan fingerprint density at radius 2 is 0.977 bits per heavy atom. The average molecular weight is 568 g/mol. The van der Waals surface area contributed by atoms with Gasteiger partial charge in [-0.15, -0.1) is 0 Å². The van der Waals surface area contributed by atoms with Crippen LogP contribution in [0.4, 0.5) is 0 Å². The molecule has 0 aliphatic carbocycles. The highest BCUT2D eigenvalue weighted by Gasteiger charge is 2.31. The van der Waals surface area contributed by atoms with E-state index < -0.39 is 6.15 Å². The molecule has 5 rings (SSSR count). The molecule has 4 heteroatoms. The standard InChI is InChI=1S/C24H20B.C15H22NO2/c1-5-13-21(14-6-1)25(22-15-7-2-8-16-22,23-17-9-3-10-18-23)24-19-11-4-12-20-24;1-4-15(17)18-12-8-11-16(2,3)13-14-9-6-5-7-10-14/h1-20H;4-7,9-10H,1,8,11-13H2,2-3H3/q-1;+1. The molecule has 5 aromatic carbocycles. The zero-order valence-corrected chi connectivity index (χ0v) is 25.4. The van der Waals surface area contributed by atoms with Gasteiger partial charge in [0.1, 0.15) is 12.7 Å². The van der Waals surface area contributed by atoms with Crippen molar-refractivity contribution in [3.63, 3.8) is 0 Å². The summed E-state index contributed by atoms with van der Waals surface area (Å²) in [5.74, 6) is -0.344. The quantitative estimate of drug-likeness (QED) is 0.0698. The maximum atomic E-state index is 10.9. The van der Waals surface area contributed by atoms with Crippen LogP contribution >= 0.6 is 0 Å². The number of hydrogen-bond acceptors (Lipinski definition) is 2. The predicted octanol–water partition coefficient (Wildman–Crippen LogP) is 5.45. The minimum absolute atomic E-state index is 0.344. The summed E-state index contributed by atoms with van der Waals surface area (Å²) < 4.78 is 5.85. The van der Waals surface area contributed by atoms with E-state index in [1.165, 1.54) is 33.5 Å². The van der Waals surface area contributed by atoms with Crippen molar-refractivity contribution in [1.29, 1.82) is 0 Å². The van der Waals surface area contributed by atoms with Gasteiger partial charge in [-0.05, 0) is 0 Å². The average Bonchev–Trinajstić information content (AvgIpc) is 3.06. The molecule has 43 heavy (non-hydrogen) atoms. The minimum Gasteiger partial charge on any atom is -0.462 e. The summed E-state index contributed by atoms with van der Waals surface area (Å²) >= 11 is 0. The Kier molecular flexibility index (Phi) is 11.3. The molecule has 3 nitrogen and oxygen atoms in total. The summed E-state index contributed by atoms with van der Waals surface area (Å²) in [6.07, 6.45) is 0.843. The molecule has 0 atom stereocenters. The van der Waals surface area contributed by atoms with Crippen molar-refractivity contribution in [2.75, 3.05) is 27.2 Å². The van der Waals surface area contributed by atoms with Gasteiger partial charge < -0.3 is 9.22 Å². The van der Waals surface area contributed by atoms with E-state index in [1.807, 2.05) is 6.07 Å². The van der Waals surface area contributed by atoms with Crippen LogP contribution in [-0.2, 0) is 16.1 Å². The van der Waals surface area contributed by atoms with Crippen LogP contribution in [-0.4, -0.2) is 43.8 Å². The zero-order chi connectivity index (χ0) is 30.4. The highest BCUT2D eigenvalue weighted by Crippen LogP contribution is 2.11. The number of rotatable bonds is 11. The first-order valence-corrected chi connectivity index (χ1v) is 15.0. The van der Waals surface area contributed by atoms with Gasteiger partial charge in [0.05, 0.1) is 27.2 Å². The highest BCUT2D eigenvalue weighted by atomic mass is 16.5. The first kappa shape index (κ1) is 31.3. The van der Waals surface area contributed by atoms with Gasteiger partial charge in [-0.1, -0.05) is 158 Å². The molecule has 5 aromatic rings. The Labute approximate surface area is 257 Å². The summed E-state index contributed by atoms with van der Waals surface area (Å²) in [7, 11) is 4.37. The number of nitrogens with zero attached hydrogens (tertiary/aromatic N) is 1. The second-order valence-corrected chi connectivity index (χ2v) is 11.5. The van der Waals surface area contributed by atoms with Crippen molar-refractivity contribution >= 4 is 34.0 Å². The molecule has 0 amide bonds. The van der Waals surface area contributed by atoms with Gasteiger partial charge in [-0.25, -0.2) is 4.79 Å². The number of carbonyl (C=O) groups excluding carboxylic acids is 1. The van der Waals surface area contributed by atoms with Crippen molar-refractivity contribution < 1.29 is 14.0 Å². The molecule has 0 fully saturated rings. The number of benzene rings is 5. The molecule has 0 spiro atoms. The van der Waals surface area contributed by atoms with E-state index in [0.29, 0.717) is 6.61 Å². The lowest BCUT2D eigenvalue weighted by Gasteiger charge is -2.44. The third-order valence-electron chi connectivity index (χ3n) is 7.97. The summed E-state index contributed by atoms with van der Waals surface area (Å²) in [6, 6.07) is 53.9. The molecular weight excluding hydrogens is 525 g/mol. The van der Waals surface area contributed by atoms with E-state index in [4.69, 9.17) is 4.74 Å². The Morgan fingerprint density at radius 3 is 1.33 bits per heavy atom. The lowest BCUT2D eigenvalue weighted by Crippen LogP contribution is -2.74. The number of carbonyl (C=O) groups is 1. The van der Waals surface area contributed by atoms with Gasteiger partial charge in [-0.3, -0.25) is 0 Å². The molecule has 0 N–H and O–H groups in total. The van der Waals surface area contributed by atoms with E-state index in [2.05, 4.69) is 166 Å². The molecule has 0 aliphatic rings. The number of hydrogen-bond donors (Lipinski definition) is 0. The predicted molar refractivity (Wildman–Crippen MR) is 183 cm³/mol. The summed E-state index contributed by atoms with van der Waals surface area (Å²) in [6.45, 7) is 5.78. The van der Waals surface area contributed by atoms with E-state index in [-0.39, 0.29) is 5.97 Å². The van der Waals surface area contributed by atoms with Crippen molar-refractivity contribution in [2.45, 2.75) is 13.0 Å². The number of ether oxygens (including phenoxy) is 1. The minimum atomic E-state index is -1.22. The monoisotopic (exact) mass is 567 g/mol. The van der Waals surface area contributed by atoms with Crippen LogP contribution in [0.5, 0.6) is 0 Å². The molecule has 0 unspecified atom stereocenters. The molecule has 0 aromatic heterocycles. The van der Waals surface area contributed by atoms with Crippen LogP contribution in [0.1, 0.15) is 12.0 Å². The normalized spacial score (nSPS) is 11.1. The first-order valence-electron chi connectivity index (χ1n) is 15.0. The van der Waals surface area contributed by atoms with Crippen molar-refractivity contribution in [3.05, 3.63) is 170 Å². The largest absolute Gasteiger partial charge is 0.462 e. The Morgan fingerprint density at radius 1 is 0.628 bits per heavy atom. The van der Waals surface area contributed by atoms with Gasteiger partial charge in [0.2, 0.25) is 0 Å². The molecule has 0 radical (unpaired) electrons. The molecule has 0 bridgehead atoms. The van der Waals surface area contributed by atoms with Crippen molar-refractivity contribution in [2.24, 2.45) is 0 Å². The van der Waals surface area contributed by atoms with Gasteiger partial charge >= 0.3 is 5.97 Å². The van der Waals surface area contributed by atoms with Crippen LogP contribution < -0.4 is 21.9 Å². The van der Waals surface area contributed by atoms with Gasteiger partial charge in [-0.2, -0.15) is 21.9 Å². The molecule has 0 saturated carbocycles. The molecule has 218 valence electrons. The van der Waals surface area contributed by atoms with Crippen molar-refractivity contribution in [3.8, 4) is 0 Å². The lowest BCUT2D eigenvalue weighted by molar-refractivity contribution is -0.903. The molecular formula is C39H42BNO2. The molecule has 0 heterocycles. The van der Waals surface area contributed by atoms with E-state index in [0.717, 1.165) is 24.0 Å². The second-order valence-electron chi connectivity index (χ2n) is 11.5. The Balaban J connectivity index is 0.000000209.